The maximum Gasteiger partial charge on any atom is 0.410 e. The Morgan fingerprint density at radius 2 is 2.15 bits per heavy atom. The molecule has 1 saturated heterocycles. The van der Waals surface area contributed by atoms with Gasteiger partial charge in [-0.15, -0.1) is 0 Å². The normalized spacial score (nSPS) is 21.1. The molecule has 0 aromatic rings. The van der Waals surface area contributed by atoms with Gasteiger partial charge in [0, 0.05) is 26.7 Å². The second-order valence-electron chi connectivity index (χ2n) is 6.70. The van der Waals surface area contributed by atoms with Crippen LogP contribution in [0.4, 0.5) is 4.79 Å². The molecule has 1 aliphatic rings. The summed E-state index contributed by atoms with van der Waals surface area (Å²) in [5.74, 6) is 0.548. The van der Waals surface area contributed by atoms with Gasteiger partial charge in [0.05, 0.1) is 0 Å². The van der Waals surface area contributed by atoms with E-state index in [9.17, 15) is 4.79 Å². The molecule has 1 unspecified atom stereocenters. The van der Waals surface area contributed by atoms with Crippen molar-refractivity contribution in [1.82, 2.24) is 9.80 Å². The van der Waals surface area contributed by atoms with Gasteiger partial charge in [0.1, 0.15) is 5.60 Å². The highest BCUT2D eigenvalue weighted by Gasteiger charge is 2.24. The van der Waals surface area contributed by atoms with Gasteiger partial charge in [0.15, 0.2) is 0 Å². The van der Waals surface area contributed by atoms with Gasteiger partial charge in [-0.25, -0.2) is 4.79 Å². The Hall–Kier alpha value is -1.03. The average molecular weight is 282 g/mol. The van der Waals surface area contributed by atoms with Crippen LogP contribution < -0.4 is 0 Å². The van der Waals surface area contributed by atoms with Crippen LogP contribution in [0.25, 0.3) is 0 Å². The lowest BCUT2D eigenvalue weighted by Gasteiger charge is -2.34. The number of carbonyl (C=O) groups excluding carboxylic acids is 1. The number of piperidine rings is 1. The van der Waals surface area contributed by atoms with Crippen LogP contribution in [0.2, 0.25) is 0 Å². The monoisotopic (exact) mass is 282 g/mol. The first-order valence-corrected chi connectivity index (χ1v) is 7.59. The molecule has 1 atom stereocenters. The Labute approximate surface area is 123 Å². The number of hydrogen-bond donors (Lipinski definition) is 0. The highest BCUT2D eigenvalue weighted by atomic mass is 16.6. The second-order valence-corrected chi connectivity index (χ2v) is 6.70. The molecule has 0 aromatic carbocycles. The second kappa shape index (κ2) is 7.67. The van der Waals surface area contributed by atoms with Crippen molar-refractivity contribution in [3.8, 4) is 0 Å². The fourth-order valence-electron chi connectivity index (χ4n) is 2.52. The maximum atomic E-state index is 12.0. The molecule has 116 valence electrons. The van der Waals surface area contributed by atoms with Crippen LogP contribution in [-0.4, -0.2) is 54.7 Å². The predicted molar refractivity (Wildman–Crippen MR) is 82.8 cm³/mol. The molecule has 1 rings (SSSR count). The van der Waals surface area contributed by atoms with Crippen molar-refractivity contribution < 1.29 is 9.53 Å². The maximum absolute atomic E-state index is 12.0. The van der Waals surface area contributed by atoms with Gasteiger partial charge in [-0.1, -0.05) is 12.2 Å². The summed E-state index contributed by atoms with van der Waals surface area (Å²) < 4.78 is 5.39. The zero-order valence-corrected chi connectivity index (χ0v) is 13.7. The molecular formula is C16H30N2O2. The smallest absolute Gasteiger partial charge is 0.410 e. The van der Waals surface area contributed by atoms with E-state index in [1.165, 1.54) is 12.8 Å². The van der Waals surface area contributed by atoms with E-state index >= 15 is 0 Å². The van der Waals surface area contributed by atoms with Crippen molar-refractivity contribution >= 4 is 6.09 Å². The molecule has 1 amide bonds. The van der Waals surface area contributed by atoms with Crippen LogP contribution in [-0.2, 0) is 4.74 Å². The number of hydrogen-bond acceptors (Lipinski definition) is 3. The lowest BCUT2D eigenvalue weighted by Crippen LogP contribution is -2.43. The number of nitrogens with zero attached hydrogens (tertiary/aromatic N) is 2. The third-order valence-corrected chi connectivity index (χ3v) is 3.44. The van der Waals surface area contributed by atoms with Gasteiger partial charge in [-0.3, -0.25) is 4.90 Å². The van der Waals surface area contributed by atoms with Gasteiger partial charge in [0.25, 0.3) is 0 Å². The zero-order chi connectivity index (χ0) is 15.2. The quantitative estimate of drug-likeness (QED) is 0.743. The lowest BCUT2D eigenvalue weighted by atomic mass is 9.97. The van der Waals surface area contributed by atoms with Crippen LogP contribution >= 0.6 is 0 Å². The first kappa shape index (κ1) is 17.0. The Bertz CT molecular complexity index is 334. The van der Waals surface area contributed by atoms with E-state index < -0.39 is 5.60 Å². The van der Waals surface area contributed by atoms with Crippen LogP contribution in [0.5, 0.6) is 0 Å². The Morgan fingerprint density at radius 1 is 1.45 bits per heavy atom. The van der Waals surface area contributed by atoms with Gasteiger partial charge in [0.2, 0.25) is 0 Å². The molecule has 0 saturated carbocycles. The summed E-state index contributed by atoms with van der Waals surface area (Å²) in [5, 5.41) is 0. The number of allylic oxidation sites excluding steroid dienone is 1. The van der Waals surface area contributed by atoms with E-state index in [-0.39, 0.29) is 6.09 Å². The Morgan fingerprint density at radius 3 is 2.75 bits per heavy atom. The highest BCUT2D eigenvalue weighted by molar-refractivity contribution is 5.67. The molecule has 4 nitrogen and oxygen atoms in total. The fraction of sp³-hybridized carbons (Fsp3) is 0.812. The molecule has 0 aliphatic carbocycles. The van der Waals surface area contributed by atoms with E-state index in [1.807, 2.05) is 27.8 Å². The summed E-state index contributed by atoms with van der Waals surface area (Å²) in [7, 11) is 1.83. The molecule has 1 aliphatic heterocycles. The van der Waals surface area contributed by atoms with E-state index in [2.05, 4.69) is 24.0 Å². The molecule has 0 radical (unpaired) electrons. The molecule has 0 spiro atoms. The minimum absolute atomic E-state index is 0.219. The minimum atomic E-state index is -0.421. The standard InChI is InChI=1S/C16H30N2O2/c1-6-7-10-18-11-8-9-14(13-18)12-17(5)15(19)20-16(2,3)4/h6-7,14H,8-13H2,1-5H3/b7-6+. The topological polar surface area (TPSA) is 32.8 Å². The van der Waals surface area contributed by atoms with Gasteiger partial charge >= 0.3 is 6.09 Å². The number of ether oxygens (including phenoxy) is 1. The molecule has 20 heavy (non-hydrogen) atoms. The van der Waals surface area contributed by atoms with E-state index in [1.54, 1.807) is 4.90 Å². The molecule has 0 bridgehead atoms. The summed E-state index contributed by atoms with van der Waals surface area (Å²) in [6.07, 6.45) is 6.48. The van der Waals surface area contributed by atoms with Crippen LogP contribution in [0, 0.1) is 5.92 Å². The highest BCUT2D eigenvalue weighted by Crippen LogP contribution is 2.18. The Balaban J connectivity index is 2.41. The zero-order valence-electron chi connectivity index (χ0n) is 13.7. The van der Waals surface area contributed by atoms with Crippen LogP contribution in [0.1, 0.15) is 40.5 Å². The van der Waals surface area contributed by atoms with Crippen molar-refractivity contribution in [3.63, 3.8) is 0 Å². The van der Waals surface area contributed by atoms with Crippen molar-refractivity contribution in [3.05, 3.63) is 12.2 Å². The molecule has 0 aromatic heterocycles. The largest absolute Gasteiger partial charge is 0.444 e. The van der Waals surface area contributed by atoms with E-state index in [0.29, 0.717) is 5.92 Å². The third-order valence-electron chi connectivity index (χ3n) is 3.44. The van der Waals surface area contributed by atoms with Gasteiger partial charge in [-0.05, 0) is 53.0 Å². The lowest BCUT2D eigenvalue weighted by molar-refractivity contribution is 0.0246. The van der Waals surface area contributed by atoms with Crippen molar-refractivity contribution in [2.24, 2.45) is 5.92 Å². The SMILES string of the molecule is C/C=C/CN1CCCC(CN(C)C(=O)OC(C)(C)C)C1. The number of amides is 1. The average Bonchev–Trinajstić information content (AvgIpc) is 2.34. The molecule has 1 fully saturated rings. The van der Waals surface area contributed by atoms with Crippen molar-refractivity contribution in [1.29, 1.82) is 0 Å². The fourth-order valence-corrected chi connectivity index (χ4v) is 2.52. The van der Waals surface area contributed by atoms with Gasteiger partial charge in [-0.2, -0.15) is 0 Å². The summed E-state index contributed by atoms with van der Waals surface area (Å²) in [6.45, 7) is 11.8. The third kappa shape index (κ3) is 6.42. The Kier molecular flexibility index (Phi) is 6.53. The van der Waals surface area contributed by atoms with Gasteiger partial charge < -0.3 is 9.64 Å². The van der Waals surface area contributed by atoms with Crippen molar-refractivity contribution in [2.45, 2.75) is 46.1 Å². The first-order chi connectivity index (χ1) is 9.31. The summed E-state index contributed by atoms with van der Waals surface area (Å²) in [5.41, 5.74) is -0.421. The molecule has 1 heterocycles. The van der Waals surface area contributed by atoms with Crippen molar-refractivity contribution in [2.75, 3.05) is 33.2 Å². The van der Waals surface area contributed by atoms with E-state index in [0.717, 1.165) is 26.2 Å². The molecule has 4 heteroatoms. The first-order valence-electron chi connectivity index (χ1n) is 7.59. The minimum Gasteiger partial charge on any atom is -0.444 e. The molecular weight excluding hydrogens is 252 g/mol. The van der Waals surface area contributed by atoms with Crippen LogP contribution in [0.3, 0.4) is 0 Å². The summed E-state index contributed by atoms with van der Waals surface area (Å²) in [4.78, 5) is 16.1. The number of rotatable bonds is 4. The van der Waals surface area contributed by atoms with E-state index in [4.69, 9.17) is 4.74 Å². The predicted octanol–water partition coefficient (Wildman–Crippen LogP) is 3.14. The summed E-state index contributed by atoms with van der Waals surface area (Å²) in [6, 6.07) is 0. The number of carbonyl (C=O) groups is 1. The molecule has 0 N–H and O–H groups in total. The summed E-state index contributed by atoms with van der Waals surface area (Å²) >= 11 is 0. The van der Waals surface area contributed by atoms with Crippen LogP contribution in [0.15, 0.2) is 12.2 Å². The number of likely N-dealkylation sites (tertiary alicyclic amines) is 1.